The molecule has 0 aliphatic heterocycles. The predicted molar refractivity (Wildman–Crippen MR) is 59.1 cm³/mol. The molecule has 0 aromatic rings. The lowest BCUT2D eigenvalue weighted by molar-refractivity contribution is 0.181. The highest BCUT2D eigenvalue weighted by atomic mass is 32.2. The van der Waals surface area contributed by atoms with Gasteiger partial charge in [0.2, 0.25) is 0 Å². The molecule has 0 radical (unpaired) electrons. The number of sulfone groups is 1. The Bertz CT molecular complexity index is 247. The van der Waals surface area contributed by atoms with Crippen molar-refractivity contribution in [3.63, 3.8) is 0 Å². The molecule has 0 bridgehead atoms. The highest BCUT2D eigenvalue weighted by Gasteiger charge is 2.27. The quantitative estimate of drug-likeness (QED) is 0.721. The maximum Gasteiger partial charge on any atom is 0.155 e. The lowest BCUT2D eigenvalue weighted by Gasteiger charge is -2.18. The molecule has 0 aliphatic rings. The Morgan fingerprint density at radius 3 is 2.07 bits per heavy atom. The van der Waals surface area contributed by atoms with Gasteiger partial charge in [-0.2, -0.15) is 0 Å². The maximum absolute atomic E-state index is 11.6. The van der Waals surface area contributed by atoms with Gasteiger partial charge in [-0.25, -0.2) is 8.42 Å². The van der Waals surface area contributed by atoms with Crippen molar-refractivity contribution in [3.05, 3.63) is 0 Å². The Morgan fingerprint density at radius 1 is 1.21 bits per heavy atom. The lowest BCUT2D eigenvalue weighted by Crippen LogP contribution is -2.30. The minimum Gasteiger partial charge on any atom is -0.393 e. The summed E-state index contributed by atoms with van der Waals surface area (Å²) in [5.74, 6) is 0.225. The van der Waals surface area contributed by atoms with Crippen LogP contribution in [0.1, 0.15) is 47.0 Å². The van der Waals surface area contributed by atoms with Gasteiger partial charge in [-0.3, -0.25) is 0 Å². The average Bonchev–Trinajstić information content (AvgIpc) is 1.95. The zero-order valence-corrected chi connectivity index (χ0v) is 10.4. The highest BCUT2D eigenvalue weighted by molar-refractivity contribution is 7.92. The number of aliphatic hydroxyl groups excluding tert-OH is 1. The van der Waals surface area contributed by atoms with Gasteiger partial charge >= 0.3 is 0 Å². The van der Waals surface area contributed by atoms with E-state index in [1.807, 2.05) is 0 Å². The molecule has 1 N–H and O–H groups in total. The number of rotatable bonds is 5. The second-order valence-corrected chi connectivity index (χ2v) is 7.64. The summed E-state index contributed by atoms with van der Waals surface area (Å²) in [5, 5.41) is 8.99. The van der Waals surface area contributed by atoms with E-state index in [0.29, 0.717) is 12.8 Å². The zero-order chi connectivity index (χ0) is 11.4. The van der Waals surface area contributed by atoms with Gasteiger partial charge in [-0.05, 0) is 47.0 Å². The summed E-state index contributed by atoms with van der Waals surface area (Å²) < 4.78 is 22.6. The number of hydrogen-bond donors (Lipinski definition) is 1. The van der Waals surface area contributed by atoms with Gasteiger partial charge in [0.25, 0.3) is 0 Å². The molecule has 86 valence electrons. The van der Waals surface area contributed by atoms with Crippen LogP contribution in [-0.4, -0.2) is 30.1 Å². The predicted octanol–water partition coefficient (Wildman–Crippen LogP) is 1.75. The molecule has 0 saturated heterocycles. The van der Waals surface area contributed by atoms with Gasteiger partial charge in [-0.1, -0.05) is 0 Å². The molecule has 1 unspecified atom stereocenters. The van der Waals surface area contributed by atoms with Crippen LogP contribution in [0.15, 0.2) is 0 Å². The first-order chi connectivity index (χ1) is 6.17. The second-order valence-electron chi connectivity index (χ2n) is 4.78. The fraction of sp³-hybridized carbons (Fsp3) is 1.00. The van der Waals surface area contributed by atoms with Crippen molar-refractivity contribution >= 4 is 9.84 Å². The monoisotopic (exact) mass is 222 g/mol. The molecule has 0 saturated carbocycles. The van der Waals surface area contributed by atoms with Gasteiger partial charge < -0.3 is 5.11 Å². The van der Waals surface area contributed by atoms with Crippen LogP contribution in [0.5, 0.6) is 0 Å². The number of aliphatic hydroxyl groups is 1. The smallest absolute Gasteiger partial charge is 0.155 e. The first-order valence-electron chi connectivity index (χ1n) is 5.07. The summed E-state index contributed by atoms with van der Waals surface area (Å²) in [7, 11) is -2.98. The van der Waals surface area contributed by atoms with E-state index in [2.05, 4.69) is 0 Å². The minimum atomic E-state index is -2.98. The summed E-state index contributed by atoms with van der Waals surface area (Å²) >= 11 is 0. The van der Waals surface area contributed by atoms with Crippen molar-refractivity contribution in [2.45, 2.75) is 57.8 Å². The Kier molecular flexibility index (Phi) is 5.09. The van der Waals surface area contributed by atoms with Crippen molar-refractivity contribution in [1.29, 1.82) is 0 Å². The van der Waals surface area contributed by atoms with Crippen LogP contribution in [0, 0.1) is 0 Å². The van der Waals surface area contributed by atoms with Crippen LogP contribution in [-0.2, 0) is 9.84 Å². The third kappa shape index (κ3) is 4.96. The first kappa shape index (κ1) is 13.9. The molecule has 0 aromatic carbocycles. The molecule has 0 amide bonds. The van der Waals surface area contributed by atoms with Gasteiger partial charge in [0.15, 0.2) is 9.84 Å². The van der Waals surface area contributed by atoms with E-state index in [1.54, 1.807) is 27.7 Å². The van der Waals surface area contributed by atoms with Crippen LogP contribution in [0.4, 0.5) is 0 Å². The molecular weight excluding hydrogens is 200 g/mol. The molecule has 0 fully saturated rings. The molecule has 3 nitrogen and oxygen atoms in total. The van der Waals surface area contributed by atoms with Crippen LogP contribution < -0.4 is 0 Å². The number of unbranched alkanes of at least 4 members (excludes halogenated alkanes) is 1. The Hall–Kier alpha value is -0.0900. The zero-order valence-electron chi connectivity index (χ0n) is 9.58. The largest absolute Gasteiger partial charge is 0.393 e. The molecule has 0 heterocycles. The third-order valence-corrected chi connectivity index (χ3v) is 4.91. The molecule has 0 aromatic heterocycles. The Balaban J connectivity index is 3.91. The minimum absolute atomic E-state index is 0.225. The van der Waals surface area contributed by atoms with Crippen LogP contribution in [0.25, 0.3) is 0 Å². The molecule has 14 heavy (non-hydrogen) atoms. The molecule has 0 spiro atoms. The molecule has 4 heteroatoms. The number of hydrogen-bond acceptors (Lipinski definition) is 3. The van der Waals surface area contributed by atoms with E-state index in [-0.39, 0.29) is 11.9 Å². The van der Waals surface area contributed by atoms with Gasteiger partial charge in [0.1, 0.15) is 0 Å². The average molecular weight is 222 g/mol. The van der Waals surface area contributed by atoms with Crippen molar-refractivity contribution in [2.75, 3.05) is 5.75 Å². The normalized spacial score (nSPS) is 15.5. The first-order valence-corrected chi connectivity index (χ1v) is 6.72. The van der Waals surface area contributed by atoms with Crippen LogP contribution in [0.3, 0.4) is 0 Å². The van der Waals surface area contributed by atoms with Gasteiger partial charge in [-0.15, -0.1) is 0 Å². The van der Waals surface area contributed by atoms with E-state index < -0.39 is 14.6 Å². The van der Waals surface area contributed by atoms with Gasteiger partial charge in [0, 0.05) is 0 Å². The van der Waals surface area contributed by atoms with Crippen molar-refractivity contribution < 1.29 is 13.5 Å². The van der Waals surface area contributed by atoms with Gasteiger partial charge in [0.05, 0.1) is 16.6 Å². The molecule has 0 aliphatic carbocycles. The van der Waals surface area contributed by atoms with E-state index in [0.717, 1.165) is 6.42 Å². The molecular formula is C10H22O3S. The van der Waals surface area contributed by atoms with Crippen LogP contribution in [0.2, 0.25) is 0 Å². The van der Waals surface area contributed by atoms with E-state index in [9.17, 15) is 8.42 Å². The summed E-state index contributed by atoms with van der Waals surface area (Å²) in [4.78, 5) is 0. The van der Waals surface area contributed by atoms with Crippen molar-refractivity contribution in [3.8, 4) is 0 Å². The SMILES string of the molecule is CC(O)CCCCS(=O)(=O)C(C)(C)C. The lowest BCUT2D eigenvalue weighted by atomic mass is 10.2. The van der Waals surface area contributed by atoms with E-state index in [4.69, 9.17) is 5.11 Å². The third-order valence-electron chi connectivity index (χ3n) is 2.22. The summed E-state index contributed by atoms with van der Waals surface area (Å²) in [6, 6.07) is 0. The fourth-order valence-corrected chi connectivity index (χ4v) is 2.23. The van der Waals surface area contributed by atoms with E-state index >= 15 is 0 Å². The van der Waals surface area contributed by atoms with Crippen molar-refractivity contribution in [1.82, 2.24) is 0 Å². The summed E-state index contributed by atoms with van der Waals surface area (Å²) in [6.07, 6.45) is 1.77. The summed E-state index contributed by atoms with van der Waals surface area (Å²) in [5.41, 5.74) is 0. The Labute approximate surface area is 87.4 Å². The standard InChI is InChI=1S/C10H22O3S/c1-9(11)7-5-6-8-14(12,13)10(2,3)4/h9,11H,5-8H2,1-4H3. The molecule has 0 rings (SSSR count). The maximum atomic E-state index is 11.6. The summed E-state index contributed by atoms with van der Waals surface area (Å²) in [6.45, 7) is 6.88. The topological polar surface area (TPSA) is 54.4 Å². The van der Waals surface area contributed by atoms with E-state index in [1.165, 1.54) is 0 Å². The van der Waals surface area contributed by atoms with Crippen molar-refractivity contribution in [2.24, 2.45) is 0 Å². The highest BCUT2D eigenvalue weighted by Crippen LogP contribution is 2.17. The fourth-order valence-electron chi connectivity index (χ4n) is 1.04. The molecule has 1 atom stereocenters. The van der Waals surface area contributed by atoms with Crippen LogP contribution >= 0.6 is 0 Å². The second kappa shape index (κ2) is 5.12. The Morgan fingerprint density at radius 2 is 1.71 bits per heavy atom.